The van der Waals surface area contributed by atoms with Crippen molar-refractivity contribution in [2.24, 2.45) is 5.92 Å². The highest BCUT2D eigenvalue weighted by atomic mass is 16.5. The van der Waals surface area contributed by atoms with E-state index in [1.165, 1.54) is 25.6 Å². The molecule has 0 aliphatic heterocycles. The van der Waals surface area contributed by atoms with Crippen molar-refractivity contribution in [3.05, 3.63) is 83.7 Å². The van der Waals surface area contributed by atoms with E-state index in [1.807, 2.05) is 42.5 Å². The lowest BCUT2D eigenvalue weighted by molar-refractivity contribution is -0.118. The van der Waals surface area contributed by atoms with Crippen molar-refractivity contribution < 1.29 is 9.53 Å². The summed E-state index contributed by atoms with van der Waals surface area (Å²) in [4.78, 5) is 19.6. The van der Waals surface area contributed by atoms with Gasteiger partial charge in [-0.3, -0.25) is 10.2 Å². The second kappa shape index (κ2) is 13.2. The molecular formula is C30H33N7O2. The number of nitrogens with zero attached hydrogens (tertiary/aromatic N) is 3. The molecule has 3 aromatic rings. The van der Waals surface area contributed by atoms with Gasteiger partial charge in [-0.15, -0.1) is 0 Å². The number of benzene rings is 2. The standard InChI is InChI=1S/C17H15N5O.C13H18N2O/c18-15(14-16(19)21-10-22-17(14)20)11-6-8-13(9-7-11)23-12-4-2-1-3-5-12;14-9-11(8-10-6-7-10)13(16)15-12-4-2-1-3-5-12/h1-10,18H,(H4,19,20,21,22);8,10,12H,1-7H2,(H,15,16)/b;11-8+. The Balaban J connectivity index is 0.000000193. The number of nitrogens with one attached hydrogen (secondary N) is 2. The Morgan fingerprint density at radius 1 is 0.949 bits per heavy atom. The highest BCUT2D eigenvalue weighted by molar-refractivity contribution is 6.15. The fourth-order valence-electron chi connectivity index (χ4n) is 4.30. The van der Waals surface area contributed by atoms with Crippen LogP contribution < -0.4 is 21.5 Å². The van der Waals surface area contributed by atoms with Gasteiger partial charge in [0.2, 0.25) is 0 Å². The predicted molar refractivity (Wildman–Crippen MR) is 151 cm³/mol. The third-order valence-electron chi connectivity index (χ3n) is 6.61. The number of para-hydroxylation sites is 1. The minimum atomic E-state index is -0.165. The van der Waals surface area contributed by atoms with Crippen LogP contribution in [0, 0.1) is 22.7 Å². The van der Waals surface area contributed by atoms with Crippen LogP contribution in [0.5, 0.6) is 11.5 Å². The molecule has 200 valence electrons. The minimum Gasteiger partial charge on any atom is -0.457 e. The molecule has 1 heterocycles. The van der Waals surface area contributed by atoms with E-state index in [0.29, 0.717) is 28.4 Å². The molecule has 1 aromatic heterocycles. The summed E-state index contributed by atoms with van der Waals surface area (Å²) in [6.07, 6.45) is 11.1. The predicted octanol–water partition coefficient (Wildman–Crippen LogP) is 5.14. The molecule has 2 fully saturated rings. The summed E-state index contributed by atoms with van der Waals surface area (Å²) in [5.41, 5.74) is 13.1. The van der Waals surface area contributed by atoms with Crippen molar-refractivity contribution in [3.8, 4) is 17.6 Å². The lowest BCUT2D eigenvalue weighted by Crippen LogP contribution is -2.36. The lowest BCUT2D eigenvalue weighted by Gasteiger charge is -2.22. The summed E-state index contributed by atoms with van der Waals surface area (Å²) < 4.78 is 5.72. The van der Waals surface area contributed by atoms with Crippen LogP contribution in [0.15, 0.2) is 72.6 Å². The number of hydrogen-bond acceptors (Lipinski definition) is 8. The summed E-state index contributed by atoms with van der Waals surface area (Å²) >= 11 is 0. The Bertz CT molecular complexity index is 1330. The van der Waals surface area contributed by atoms with Gasteiger partial charge in [-0.2, -0.15) is 5.26 Å². The number of nitrogen functional groups attached to an aromatic ring is 2. The van der Waals surface area contributed by atoms with Gasteiger partial charge in [-0.25, -0.2) is 9.97 Å². The third-order valence-corrected chi connectivity index (χ3v) is 6.61. The molecule has 0 atom stereocenters. The second-order valence-electron chi connectivity index (χ2n) is 9.67. The van der Waals surface area contributed by atoms with E-state index in [-0.39, 0.29) is 29.3 Å². The number of nitrogens with two attached hydrogens (primary N) is 2. The van der Waals surface area contributed by atoms with E-state index in [9.17, 15) is 4.79 Å². The molecule has 5 rings (SSSR count). The first-order valence-corrected chi connectivity index (χ1v) is 13.2. The molecule has 2 aliphatic carbocycles. The number of ether oxygens (including phenoxy) is 1. The Hall–Kier alpha value is -4.71. The molecule has 0 bridgehead atoms. The molecule has 0 spiro atoms. The average Bonchev–Trinajstić information content (AvgIpc) is 3.78. The Labute approximate surface area is 228 Å². The van der Waals surface area contributed by atoms with Gasteiger partial charge in [0.25, 0.3) is 5.91 Å². The summed E-state index contributed by atoms with van der Waals surface area (Å²) in [7, 11) is 0. The molecule has 2 aliphatic rings. The number of amides is 1. The highest BCUT2D eigenvalue weighted by Crippen LogP contribution is 2.31. The third kappa shape index (κ3) is 7.89. The van der Waals surface area contributed by atoms with E-state index in [0.717, 1.165) is 31.4 Å². The Kier molecular flexibility index (Phi) is 9.25. The van der Waals surface area contributed by atoms with Crippen molar-refractivity contribution in [1.29, 1.82) is 10.7 Å². The van der Waals surface area contributed by atoms with E-state index in [4.69, 9.17) is 26.9 Å². The van der Waals surface area contributed by atoms with E-state index in [2.05, 4.69) is 15.3 Å². The molecule has 0 saturated heterocycles. The zero-order valence-corrected chi connectivity index (χ0v) is 21.8. The number of nitriles is 1. The van der Waals surface area contributed by atoms with Gasteiger partial charge in [-0.05, 0) is 68.0 Å². The summed E-state index contributed by atoms with van der Waals surface area (Å²) in [6, 6.07) is 18.9. The van der Waals surface area contributed by atoms with Crippen molar-refractivity contribution >= 4 is 23.3 Å². The molecule has 1 amide bonds. The number of allylic oxidation sites excluding steroid dienone is 1. The number of aromatic nitrogens is 2. The quantitative estimate of drug-likeness (QED) is 0.189. The lowest BCUT2D eigenvalue weighted by atomic mass is 9.95. The largest absolute Gasteiger partial charge is 0.457 e. The van der Waals surface area contributed by atoms with Crippen LogP contribution >= 0.6 is 0 Å². The monoisotopic (exact) mass is 523 g/mol. The van der Waals surface area contributed by atoms with Gasteiger partial charge in [0, 0.05) is 11.6 Å². The Morgan fingerprint density at radius 3 is 2.15 bits per heavy atom. The minimum absolute atomic E-state index is 0.165. The fourth-order valence-corrected chi connectivity index (χ4v) is 4.30. The number of carbonyl (C=O) groups is 1. The van der Waals surface area contributed by atoms with Crippen LogP contribution in [0.1, 0.15) is 56.1 Å². The van der Waals surface area contributed by atoms with Gasteiger partial charge in [0.05, 0.1) is 11.3 Å². The van der Waals surface area contributed by atoms with E-state index >= 15 is 0 Å². The normalized spacial score (nSPS) is 15.3. The van der Waals surface area contributed by atoms with Crippen LogP contribution in [-0.4, -0.2) is 27.6 Å². The smallest absolute Gasteiger partial charge is 0.261 e. The SMILES string of the molecule is N#C/C(=C\C1CC1)C(=O)NC1CCCCC1.N=C(c1ccc(Oc2ccccc2)cc1)c1c(N)ncnc1N. The maximum absolute atomic E-state index is 11.8. The van der Waals surface area contributed by atoms with Gasteiger partial charge in [-0.1, -0.05) is 43.5 Å². The van der Waals surface area contributed by atoms with E-state index < -0.39 is 0 Å². The maximum Gasteiger partial charge on any atom is 0.261 e. The van der Waals surface area contributed by atoms with Crippen molar-refractivity contribution in [2.75, 3.05) is 11.5 Å². The van der Waals surface area contributed by atoms with Crippen LogP contribution in [-0.2, 0) is 4.79 Å². The zero-order valence-electron chi connectivity index (χ0n) is 21.8. The topological polar surface area (TPSA) is 164 Å². The number of rotatable bonds is 7. The second-order valence-corrected chi connectivity index (χ2v) is 9.67. The molecule has 2 saturated carbocycles. The van der Waals surface area contributed by atoms with Crippen molar-refractivity contribution in [2.45, 2.75) is 51.0 Å². The zero-order chi connectivity index (χ0) is 27.6. The first-order chi connectivity index (χ1) is 18.9. The first kappa shape index (κ1) is 27.3. The molecule has 39 heavy (non-hydrogen) atoms. The number of hydrogen-bond donors (Lipinski definition) is 4. The summed E-state index contributed by atoms with van der Waals surface area (Å²) in [5.74, 6) is 2.12. The van der Waals surface area contributed by atoms with Gasteiger partial charge in [0.15, 0.2) is 0 Å². The van der Waals surface area contributed by atoms with Crippen LogP contribution in [0.25, 0.3) is 0 Å². The van der Waals surface area contributed by atoms with Crippen LogP contribution in [0.3, 0.4) is 0 Å². The molecule has 9 nitrogen and oxygen atoms in total. The molecule has 0 unspecified atom stereocenters. The fraction of sp³-hybridized carbons (Fsp3) is 0.300. The molecule has 9 heteroatoms. The van der Waals surface area contributed by atoms with E-state index in [1.54, 1.807) is 24.3 Å². The molecule has 6 N–H and O–H groups in total. The summed E-state index contributed by atoms with van der Waals surface area (Å²) in [5, 5.41) is 20.2. The average molecular weight is 524 g/mol. The van der Waals surface area contributed by atoms with Crippen molar-refractivity contribution in [3.63, 3.8) is 0 Å². The van der Waals surface area contributed by atoms with Crippen molar-refractivity contribution in [1.82, 2.24) is 15.3 Å². The summed E-state index contributed by atoms with van der Waals surface area (Å²) in [6.45, 7) is 0. The molecule has 2 aromatic carbocycles. The van der Waals surface area contributed by atoms with Gasteiger partial charge < -0.3 is 21.5 Å². The number of carbonyl (C=O) groups excluding carboxylic acids is 1. The molecule has 0 radical (unpaired) electrons. The van der Waals surface area contributed by atoms with Gasteiger partial charge >= 0.3 is 0 Å². The van der Waals surface area contributed by atoms with Crippen LogP contribution in [0.4, 0.5) is 11.6 Å². The highest BCUT2D eigenvalue weighted by Gasteiger charge is 2.23. The van der Waals surface area contributed by atoms with Gasteiger partial charge in [0.1, 0.15) is 41.1 Å². The number of anilines is 2. The Morgan fingerprint density at radius 2 is 1.56 bits per heavy atom. The maximum atomic E-state index is 11.8. The first-order valence-electron chi connectivity index (χ1n) is 13.2. The van der Waals surface area contributed by atoms with Crippen LogP contribution in [0.2, 0.25) is 0 Å². The molecular weight excluding hydrogens is 490 g/mol.